The SMILES string of the molecule is COCO[C@H]1[C@H](C)O[C@@H](C)C[C@@]1(C)Nc1cccc2c1C(=O)c1ccccc1C2=O. The Morgan fingerprint density at radius 3 is 2.40 bits per heavy atom. The maximum atomic E-state index is 13.3. The summed E-state index contributed by atoms with van der Waals surface area (Å²) in [5.41, 5.74) is 1.85. The molecule has 2 aromatic carbocycles. The molecule has 6 heteroatoms. The number of carbonyl (C=O) groups is 2. The van der Waals surface area contributed by atoms with Crippen LogP contribution >= 0.6 is 0 Å². The van der Waals surface area contributed by atoms with Gasteiger partial charge in [0.25, 0.3) is 0 Å². The Morgan fingerprint density at radius 1 is 1.03 bits per heavy atom. The van der Waals surface area contributed by atoms with Crippen molar-refractivity contribution in [1.82, 2.24) is 0 Å². The highest BCUT2D eigenvalue weighted by Gasteiger charge is 2.46. The summed E-state index contributed by atoms with van der Waals surface area (Å²) in [7, 11) is 1.58. The molecule has 0 unspecified atom stereocenters. The number of methoxy groups -OCH3 is 1. The summed E-state index contributed by atoms with van der Waals surface area (Å²) in [5, 5.41) is 3.55. The molecular formula is C24H27NO5. The third-order valence-electron chi connectivity index (χ3n) is 5.95. The van der Waals surface area contributed by atoms with E-state index < -0.39 is 5.54 Å². The van der Waals surface area contributed by atoms with Gasteiger partial charge in [0.05, 0.1) is 23.3 Å². The van der Waals surface area contributed by atoms with Crippen LogP contribution in [0.5, 0.6) is 0 Å². The van der Waals surface area contributed by atoms with Crippen molar-refractivity contribution < 1.29 is 23.8 Å². The van der Waals surface area contributed by atoms with Gasteiger partial charge < -0.3 is 19.5 Å². The van der Waals surface area contributed by atoms with E-state index in [4.69, 9.17) is 14.2 Å². The third kappa shape index (κ3) is 3.45. The summed E-state index contributed by atoms with van der Waals surface area (Å²) in [4.78, 5) is 26.4. The van der Waals surface area contributed by atoms with Crippen molar-refractivity contribution in [2.24, 2.45) is 0 Å². The standard InChI is InChI=1S/C24H27NO5/c1-14-12-24(3,23(15(2)30-14)29-13-28-4)25-19-11-7-10-18-20(19)22(27)17-9-6-5-8-16(17)21(18)26/h5-11,14-15,23,25H,12-13H2,1-4H3/t14-,15-,23-,24+/m0/s1. The predicted octanol–water partition coefficient (Wildman–Crippen LogP) is 3.82. The van der Waals surface area contributed by atoms with Gasteiger partial charge in [0, 0.05) is 29.5 Å². The number of benzene rings is 2. The zero-order chi connectivity index (χ0) is 21.5. The second-order valence-corrected chi connectivity index (χ2v) is 8.32. The molecule has 0 amide bonds. The number of hydrogen-bond acceptors (Lipinski definition) is 6. The first kappa shape index (κ1) is 20.7. The molecule has 2 aliphatic rings. The third-order valence-corrected chi connectivity index (χ3v) is 5.95. The summed E-state index contributed by atoms with van der Waals surface area (Å²) in [6.45, 7) is 6.20. The molecule has 4 rings (SSSR count). The van der Waals surface area contributed by atoms with E-state index in [2.05, 4.69) is 12.2 Å². The first-order chi connectivity index (χ1) is 14.4. The van der Waals surface area contributed by atoms with Crippen LogP contribution < -0.4 is 5.32 Å². The van der Waals surface area contributed by atoms with Gasteiger partial charge in [-0.25, -0.2) is 0 Å². The van der Waals surface area contributed by atoms with Gasteiger partial charge in [-0.2, -0.15) is 0 Å². The average molecular weight is 409 g/mol. The fourth-order valence-electron chi connectivity index (χ4n) is 4.86. The van der Waals surface area contributed by atoms with Crippen molar-refractivity contribution in [3.63, 3.8) is 0 Å². The number of rotatable bonds is 5. The molecule has 30 heavy (non-hydrogen) atoms. The highest BCUT2D eigenvalue weighted by atomic mass is 16.7. The molecule has 2 aromatic rings. The molecule has 1 aliphatic heterocycles. The van der Waals surface area contributed by atoms with Crippen LogP contribution in [0.3, 0.4) is 0 Å². The summed E-state index contributed by atoms with van der Waals surface area (Å²) in [6, 6.07) is 12.3. The van der Waals surface area contributed by atoms with Gasteiger partial charge in [-0.1, -0.05) is 36.4 Å². The summed E-state index contributed by atoms with van der Waals surface area (Å²) in [5.74, 6) is -0.274. The molecule has 0 bridgehead atoms. The summed E-state index contributed by atoms with van der Waals surface area (Å²) < 4.78 is 17.1. The average Bonchev–Trinajstić information content (AvgIpc) is 2.71. The highest BCUT2D eigenvalue weighted by Crippen LogP contribution is 2.38. The van der Waals surface area contributed by atoms with Gasteiger partial charge in [0.1, 0.15) is 12.9 Å². The fraction of sp³-hybridized carbons (Fsp3) is 0.417. The summed E-state index contributed by atoms with van der Waals surface area (Å²) in [6.07, 6.45) is 0.219. The lowest BCUT2D eigenvalue weighted by molar-refractivity contribution is -0.185. The van der Waals surface area contributed by atoms with Crippen LogP contribution in [0, 0.1) is 0 Å². The highest BCUT2D eigenvalue weighted by molar-refractivity contribution is 6.30. The first-order valence-electron chi connectivity index (χ1n) is 10.2. The molecule has 0 spiro atoms. The Kier molecular flexibility index (Phi) is 5.49. The van der Waals surface area contributed by atoms with E-state index in [9.17, 15) is 9.59 Å². The number of fused-ring (bicyclic) bond motifs is 2. The summed E-state index contributed by atoms with van der Waals surface area (Å²) >= 11 is 0. The molecule has 1 heterocycles. The van der Waals surface area contributed by atoms with Crippen LogP contribution in [0.1, 0.15) is 59.0 Å². The molecule has 1 fully saturated rings. The second kappa shape index (κ2) is 7.95. The number of nitrogens with one attached hydrogen (secondary N) is 1. The number of carbonyl (C=O) groups excluding carboxylic acids is 2. The van der Waals surface area contributed by atoms with Crippen LogP contribution in [0.2, 0.25) is 0 Å². The number of ether oxygens (including phenoxy) is 3. The topological polar surface area (TPSA) is 73.9 Å². The van der Waals surface area contributed by atoms with Crippen LogP contribution in [0.15, 0.2) is 42.5 Å². The van der Waals surface area contributed by atoms with E-state index in [1.54, 1.807) is 43.5 Å². The molecule has 6 nitrogen and oxygen atoms in total. The zero-order valence-corrected chi connectivity index (χ0v) is 17.7. The Labute approximate surface area is 176 Å². The van der Waals surface area contributed by atoms with E-state index in [-0.39, 0.29) is 36.7 Å². The molecule has 1 N–H and O–H groups in total. The largest absolute Gasteiger partial charge is 0.376 e. The van der Waals surface area contributed by atoms with Gasteiger partial charge in [-0.3, -0.25) is 9.59 Å². The Balaban J connectivity index is 1.75. The molecule has 0 aromatic heterocycles. The molecule has 0 radical (unpaired) electrons. The van der Waals surface area contributed by atoms with E-state index in [1.807, 2.05) is 19.9 Å². The van der Waals surface area contributed by atoms with Gasteiger partial charge in [-0.15, -0.1) is 0 Å². The van der Waals surface area contributed by atoms with Crippen LogP contribution in [0.25, 0.3) is 0 Å². The van der Waals surface area contributed by atoms with Gasteiger partial charge in [0.2, 0.25) is 0 Å². The van der Waals surface area contributed by atoms with Crippen molar-refractivity contribution in [3.05, 3.63) is 64.7 Å². The number of ketones is 2. The minimum Gasteiger partial charge on any atom is -0.376 e. The van der Waals surface area contributed by atoms with Crippen LogP contribution in [0.4, 0.5) is 5.69 Å². The van der Waals surface area contributed by atoms with E-state index in [0.717, 1.165) is 0 Å². The van der Waals surface area contributed by atoms with Crippen LogP contribution in [-0.2, 0) is 14.2 Å². The molecule has 1 saturated heterocycles. The molecular weight excluding hydrogens is 382 g/mol. The molecule has 1 aliphatic carbocycles. The van der Waals surface area contributed by atoms with E-state index >= 15 is 0 Å². The maximum Gasteiger partial charge on any atom is 0.196 e. The van der Waals surface area contributed by atoms with E-state index in [1.165, 1.54) is 0 Å². The first-order valence-corrected chi connectivity index (χ1v) is 10.2. The number of hydrogen-bond donors (Lipinski definition) is 1. The zero-order valence-electron chi connectivity index (χ0n) is 17.7. The number of anilines is 1. The van der Waals surface area contributed by atoms with Gasteiger partial charge >= 0.3 is 0 Å². The molecule has 4 atom stereocenters. The van der Waals surface area contributed by atoms with Crippen molar-refractivity contribution in [2.45, 2.75) is 51.0 Å². The Hall–Kier alpha value is -2.54. The Morgan fingerprint density at radius 2 is 1.70 bits per heavy atom. The Bertz CT molecular complexity index is 987. The van der Waals surface area contributed by atoms with Gasteiger partial charge in [-0.05, 0) is 33.3 Å². The van der Waals surface area contributed by atoms with Crippen molar-refractivity contribution in [3.8, 4) is 0 Å². The fourth-order valence-corrected chi connectivity index (χ4v) is 4.86. The monoisotopic (exact) mass is 409 g/mol. The maximum absolute atomic E-state index is 13.3. The van der Waals surface area contributed by atoms with Crippen LogP contribution in [-0.4, -0.2) is 49.3 Å². The van der Waals surface area contributed by atoms with Crippen molar-refractivity contribution >= 4 is 17.3 Å². The van der Waals surface area contributed by atoms with Crippen molar-refractivity contribution in [1.29, 1.82) is 0 Å². The van der Waals surface area contributed by atoms with Gasteiger partial charge in [0.15, 0.2) is 11.6 Å². The molecule has 158 valence electrons. The quantitative estimate of drug-likeness (QED) is 0.646. The van der Waals surface area contributed by atoms with E-state index in [0.29, 0.717) is 34.4 Å². The predicted molar refractivity (Wildman–Crippen MR) is 113 cm³/mol. The molecule has 0 saturated carbocycles. The van der Waals surface area contributed by atoms with Crippen molar-refractivity contribution in [2.75, 3.05) is 19.2 Å². The smallest absolute Gasteiger partial charge is 0.196 e. The second-order valence-electron chi connectivity index (χ2n) is 8.32. The lowest BCUT2D eigenvalue weighted by Gasteiger charge is -2.48. The normalized spacial score (nSPS) is 28.1. The minimum absolute atomic E-state index is 0.0116. The lowest BCUT2D eigenvalue weighted by Crippen LogP contribution is -2.59. The minimum atomic E-state index is -0.523. The lowest BCUT2D eigenvalue weighted by atomic mass is 9.80.